The molecule has 1 aromatic heterocycles. The molecule has 33 heavy (non-hydrogen) atoms. The summed E-state index contributed by atoms with van der Waals surface area (Å²) >= 11 is 18.4. The Morgan fingerprint density at radius 3 is 2.24 bits per heavy atom. The molecule has 7 nitrogen and oxygen atoms in total. The summed E-state index contributed by atoms with van der Waals surface area (Å²) in [7, 11) is -3.53. The van der Waals surface area contributed by atoms with Crippen molar-refractivity contribution in [1.82, 2.24) is 4.98 Å². The molecule has 0 saturated heterocycles. The van der Waals surface area contributed by atoms with Gasteiger partial charge in [-0.25, -0.2) is 13.4 Å². The standard InChI is InChI=1S/C22H18Cl3N3O4S/c1-13(29)28(15-6-7-20(19(25)11-15)33(2,31)32)21-10-14(8-9-26-21)27-22(30)12-16-17(23)4-3-5-18(16)24/h3-11H,12H2,1-2H3,(H,26,27,30). The van der Waals surface area contributed by atoms with Crippen LogP contribution in [-0.4, -0.2) is 31.5 Å². The van der Waals surface area contributed by atoms with Gasteiger partial charge in [0.05, 0.1) is 22.0 Å². The highest BCUT2D eigenvalue weighted by molar-refractivity contribution is 7.90. The Morgan fingerprint density at radius 1 is 1.00 bits per heavy atom. The van der Waals surface area contributed by atoms with E-state index in [-0.39, 0.29) is 28.1 Å². The van der Waals surface area contributed by atoms with Gasteiger partial charge in [-0.15, -0.1) is 0 Å². The fourth-order valence-electron chi connectivity index (χ4n) is 3.09. The van der Waals surface area contributed by atoms with Gasteiger partial charge in [-0.05, 0) is 42.0 Å². The monoisotopic (exact) mass is 525 g/mol. The number of amides is 2. The van der Waals surface area contributed by atoms with Gasteiger partial charge >= 0.3 is 0 Å². The van der Waals surface area contributed by atoms with Crippen LogP contribution in [0.4, 0.5) is 17.2 Å². The normalized spacial score (nSPS) is 11.2. The van der Waals surface area contributed by atoms with E-state index in [0.717, 1.165) is 6.26 Å². The van der Waals surface area contributed by atoms with Crippen molar-refractivity contribution in [3.8, 4) is 0 Å². The van der Waals surface area contributed by atoms with E-state index < -0.39 is 15.7 Å². The van der Waals surface area contributed by atoms with Crippen molar-refractivity contribution < 1.29 is 18.0 Å². The van der Waals surface area contributed by atoms with E-state index in [9.17, 15) is 18.0 Å². The van der Waals surface area contributed by atoms with Crippen molar-refractivity contribution in [2.24, 2.45) is 0 Å². The Morgan fingerprint density at radius 2 is 1.67 bits per heavy atom. The summed E-state index contributed by atoms with van der Waals surface area (Å²) in [6.45, 7) is 1.32. The van der Waals surface area contributed by atoms with Crippen molar-refractivity contribution in [1.29, 1.82) is 0 Å². The summed E-state index contributed by atoms with van der Waals surface area (Å²) in [5.41, 5.74) is 1.20. The third-order valence-electron chi connectivity index (χ3n) is 4.55. The van der Waals surface area contributed by atoms with Crippen molar-refractivity contribution in [3.63, 3.8) is 0 Å². The Hall–Kier alpha value is -2.65. The van der Waals surface area contributed by atoms with Crippen LogP contribution in [0.15, 0.2) is 59.6 Å². The summed E-state index contributed by atoms with van der Waals surface area (Å²) in [4.78, 5) is 30.3. The number of carbonyl (C=O) groups is 2. The van der Waals surface area contributed by atoms with Crippen LogP contribution in [0.3, 0.4) is 0 Å². The number of benzene rings is 2. The number of nitrogens with one attached hydrogen (secondary N) is 1. The van der Waals surface area contributed by atoms with Gasteiger partial charge in [-0.3, -0.25) is 14.5 Å². The number of pyridine rings is 1. The minimum absolute atomic E-state index is 0.0256. The molecule has 2 amide bonds. The number of hydrogen-bond donors (Lipinski definition) is 1. The van der Waals surface area contributed by atoms with Crippen LogP contribution in [0.2, 0.25) is 15.1 Å². The van der Waals surface area contributed by atoms with Crippen LogP contribution in [0.25, 0.3) is 0 Å². The average Bonchev–Trinajstić information content (AvgIpc) is 2.70. The van der Waals surface area contributed by atoms with Gasteiger partial charge in [0.2, 0.25) is 11.8 Å². The van der Waals surface area contributed by atoms with E-state index in [1.807, 2.05) is 0 Å². The van der Waals surface area contributed by atoms with E-state index >= 15 is 0 Å². The summed E-state index contributed by atoms with van der Waals surface area (Å²) in [6.07, 6.45) is 2.42. The van der Waals surface area contributed by atoms with Gasteiger partial charge < -0.3 is 5.32 Å². The van der Waals surface area contributed by atoms with Gasteiger partial charge in [-0.1, -0.05) is 40.9 Å². The minimum atomic E-state index is -3.53. The molecule has 0 aliphatic rings. The Balaban J connectivity index is 1.88. The van der Waals surface area contributed by atoms with Crippen LogP contribution >= 0.6 is 34.8 Å². The summed E-state index contributed by atoms with van der Waals surface area (Å²) in [5, 5.41) is 3.47. The second-order valence-corrected chi connectivity index (χ2v) is 10.3. The molecule has 0 bridgehead atoms. The molecule has 0 saturated carbocycles. The molecule has 0 aliphatic heterocycles. The summed E-state index contributed by atoms with van der Waals surface area (Å²) in [5.74, 6) is -0.548. The molecule has 0 atom stereocenters. The third-order valence-corrected chi connectivity index (χ3v) is 6.83. The van der Waals surface area contributed by atoms with Gasteiger partial charge in [0.1, 0.15) is 5.82 Å². The lowest BCUT2D eigenvalue weighted by atomic mass is 10.1. The van der Waals surface area contributed by atoms with Gasteiger partial charge in [-0.2, -0.15) is 0 Å². The Bertz CT molecular complexity index is 1330. The summed E-state index contributed by atoms with van der Waals surface area (Å²) < 4.78 is 23.7. The molecule has 0 fully saturated rings. The molecular weight excluding hydrogens is 509 g/mol. The highest BCUT2D eigenvalue weighted by Crippen LogP contribution is 2.32. The second kappa shape index (κ2) is 10.1. The van der Waals surface area contributed by atoms with Gasteiger partial charge in [0, 0.05) is 41.2 Å². The molecule has 0 aliphatic carbocycles. The van der Waals surface area contributed by atoms with Crippen molar-refractivity contribution in [2.45, 2.75) is 18.2 Å². The quantitative estimate of drug-likeness (QED) is 0.469. The molecule has 0 spiro atoms. The lowest BCUT2D eigenvalue weighted by Crippen LogP contribution is -2.24. The van der Waals surface area contributed by atoms with E-state index in [4.69, 9.17) is 34.8 Å². The highest BCUT2D eigenvalue weighted by atomic mass is 35.5. The molecule has 3 aromatic rings. The fourth-order valence-corrected chi connectivity index (χ4v) is 4.95. The topological polar surface area (TPSA) is 96.4 Å². The first kappa shape index (κ1) is 25.0. The van der Waals surface area contributed by atoms with E-state index in [1.165, 1.54) is 42.3 Å². The number of sulfone groups is 1. The van der Waals surface area contributed by atoms with E-state index in [2.05, 4.69) is 10.3 Å². The van der Waals surface area contributed by atoms with Crippen molar-refractivity contribution >= 4 is 73.6 Å². The lowest BCUT2D eigenvalue weighted by Gasteiger charge is -2.21. The minimum Gasteiger partial charge on any atom is -0.326 e. The SMILES string of the molecule is CC(=O)N(c1ccc(S(C)(=O)=O)c(Cl)c1)c1cc(NC(=O)Cc2c(Cl)cccc2Cl)ccn1. The van der Waals surface area contributed by atoms with Crippen molar-refractivity contribution in [3.05, 3.63) is 75.4 Å². The zero-order valence-electron chi connectivity index (χ0n) is 17.5. The molecular formula is C22H18Cl3N3O4S. The predicted octanol–water partition coefficient (Wildman–Crippen LogP) is 5.31. The number of hydrogen-bond acceptors (Lipinski definition) is 5. The number of nitrogens with zero attached hydrogens (tertiary/aromatic N) is 2. The van der Waals surface area contributed by atoms with Crippen LogP contribution < -0.4 is 10.2 Å². The zero-order valence-corrected chi connectivity index (χ0v) is 20.6. The van der Waals surface area contributed by atoms with Crippen LogP contribution in [0.1, 0.15) is 12.5 Å². The maximum atomic E-state index is 12.5. The van der Waals surface area contributed by atoms with Gasteiger partial charge in [0.15, 0.2) is 9.84 Å². The number of halogens is 3. The highest BCUT2D eigenvalue weighted by Gasteiger charge is 2.20. The second-order valence-electron chi connectivity index (χ2n) is 7.07. The van der Waals surface area contributed by atoms with E-state index in [1.54, 1.807) is 24.3 Å². The molecule has 0 radical (unpaired) electrons. The largest absolute Gasteiger partial charge is 0.326 e. The predicted molar refractivity (Wildman–Crippen MR) is 130 cm³/mol. The molecule has 3 rings (SSSR count). The van der Waals surface area contributed by atoms with Gasteiger partial charge in [0.25, 0.3) is 0 Å². The number of aromatic nitrogens is 1. The molecule has 1 heterocycles. The smallest absolute Gasteiger partial charge is 0.229 e. The molecule has 2 aromatic carbocycles. The summed E-state index contributed by atoms with van der Waals surface area (Å²) in [6, 6.07) is 12.2. The zero-order chi connectivity index (χ0) is 24.3. The number of rotatable bonds is 6. The van der Waals surface area contributed by atoms with Crippen molar-refractivity contribution in [2.75, 3.05) is 16.5 Å². The molecule has 172 valence electrons. The van der Waals surface area contributed by atoms with Crippen LogP contribution in [0.5, 0.6) is 0 Å². The van der Waals surface area contributed by atoms with Crippen LogP contribution in [0, 0.1) is 0 Å². The van der Waals surface area contributed by atoms with E-state index in [0.29, 0.717) is 27.0 Å². The third kappa shape index (κ3) is 6.03. The maximum Gasteiger partial charge on any atom is 0.229 e. The maximum absolute atomic E-state index is 12.5. The first-order chi connectivity index (χ1) is 15.5. The fraction of sp³-hybridized carbons (Fsp3) is 0.136. The molecule has 0 unspecified atom stereocenters. The number of carbonyl (C=O) groups excluding carboxylic acids is 2. The first-order valence-corrected chi connectivity index (χ1v) is 12.5. The Labute approximate surface area is 206 Å². The average molecular weight is 527 g/mol. The molecule has 11 heteroatoms. The number of anilines is 3. The van der Waals surface area contributed by atoms with Crippen LogP contribution in [-0.2, 0) is 25.8 Å². The Kier molecular flexibility index (Phi) is 7.64. The lowest BCUT2D eigenvalue weighted by molar-refractivity contribution is -0.116. The first-order valence-electron chi connectivity index (χ1n) is 9.46. The molecule has 1 N–H and O–H groups in total.